The van der Waals surface area contributed by atoms with Crippen LogP contribution < -0.4 is 21.1 Å². The van der Waals surface area contributed by atoms with Crippen LogP contribution in [0.4, 0.5) is 11.4 Å². The summed E-state index contributed by atoms with van der Waals surface area (Å²) in [4.78, 5) is 23.4. The molecular formula is C16H16ClN3O3. The van der Waals surface area contributed by atoms with Gasteiger partial charge in [0.25, 0.3) is 5.91 Å². The molecule has 7 heteroatoms. The fraction of sp³-hybridized carbons (Fsp3) is 0.125. The molecule has 120 valence electrons. The van der Waals surface area contributed by atoms with Crippen molar-refractivity contribution in [2.75, 3.05) is 24.3 Å². The van der Waals surface area contributed by atoms with Crippen molar-refractivity contribution in [3.8, 4) is 5.75 Å². The standard InChI is InChI=1S/C16H16ClN3O3/c1-23-14-5-3-2-4-13(14)20-15(21)9-19-12-7-6-10(17)8-11(12)16(18)22/h2-8,19H,9H2,1H3,(H2,18,22)(H,20,21). The SMILES string of the molecule is COc1ccccc1NC(=O)CNc1ccc(Cl)cc1C(N)=O. The number of rotatable bonds is 6. The third-order valence-electron chi connectivity index (χ3n) is 3.07. The number of benzene rings is 2. The van der Waals surface area contributed by atoms with Gasteiger partial charge in [-0.1, -0.05) is 23.7 Å². The molecule has 2 aromatic rings. The van der Waals surface area contributed by atoms with Gasteiger partial charge in [-0.25, -0.2) is 0 Å². The largest absolute Gasteiger partial charge is 0.495 e. The Labute approximate surface area is 138 Å². The lowest BCUT2D eigenvalue weighted by molar-refractivity contribution is -0.114. The molecule has 2 amide bonds. The first kappa shape index (κ1) is 16.6. The van der Waals surface area contributed by atoms with E-state index < -0.39 is 5.91 Å². The van der Waals surface area contributed by atoms with Crippen LogP contribution in [0.3, 0.4) is 0 Å². The van der Waals surface area contributed by atoms with Crippen LogP contribution >= 0.6 is 11.6 Å². The zero-order chi connectivity index (χ0) is 16.8. The van der Waals surface area contributed by atoms with Gasteiger partial charge in [-0.2, -0.15) is 0 Å². The van der Waals surface area contributed by atoms with Crippen LogP contribution in [0, 0.1) is 0 Å². The summed E-state index contributed by atoms with van der Waals surface area (Å²) in [6, 6.07) is 11.7. The lowest BCUT2D eigenvalue weighted by Gasteiger charge is -2.12. The van der Waals surface area contributed by atoms with Crippen molar-refractivity contribution in [1.29, 1.82) is 0 Å². The van der Waals surface area contributed by atoms with Crippen LogP contribution in [-0.4, -0.2) is 25.5 Å². The first-order chi connectivity index (χ1) is 11.0. The molecule has 0 bridgehead atoms. The minimum atomic E-state index is -0.625. The molecule has 0 aliphatic heterocycles. The van der Waals surface area contributed by atoms with E-state index in [1.165, 1.54) is 13.2 Å². The Morgan fingerprint density at radius 1 is 1.17 bits per heavy atom. The number of carbonyl (C=O) groups excluding carboxylic acids is 2. The van der Waals surface area contributed by atoms with E-state index in [9.17, 15) is 9.59 Å². The van der Waals surface area contributed by atoms with Gasteiger partial charge >= 0.3 is 0 Å². The number of halogens is 1. The van der Waals surface area contributed by atoms with Gasteiger partial charge in [-0.05, 0) is 30.3 Å². The van der Waals surface area contributed by atoms with Crippen molar-refractivity contribution in [1.82, 2.24) is 0 Å². The van der Waals surface area contributed by atoms with E-state index >= 15 is 0 Å². The number of ether oxygens (including phenoxy) is 1. The van der Waals surface area contributed by atoms with E-state index in [0.29, 0.717) is 22.1 Å². The highest BCUT2D eigenvalue weighted by atomic mass is 35.5. The molecule has 0 aromatic heterocycles. The molecule has 0 saturated heterocycles. The van der Waals surface area contributed by atoms with Gasteiger partial charge in [-0.3, -0.25) is 9.59 Å². The maximum Gasteiger partial charge on any atom is 0.250 e. The molecule has 0 unspecified atom stereocenters. The second-order valence-corrected chi connectivity index (χ2v) is 5.09. The molecule has 0 radical (unpaired) electrons. The third-order valence-corrected chi connectivity index (χ3v) is 3.30. The monoisotopic (exact) mass is 333 g/mol. The van der Waals surface area contributed by atoms with Crippen molar-refractivity contribution < 1.29 is 14.3 Å². The van der Waals surface area contributed by atoms with Gasteiger partial charge in [0.15, 0.2) is 0 Å². The van der Waals surface area contributed by atoms with Gasteiger partial charge < -0.3 is 21.1 Å². The highest BCUT2D eigenvalue weighted by molar-refractivity contribution is 6.31. The maximum absolute atomic E-state index is 12.0. The molecule has 0 heterocycles. The van der Waals surface area contributed by atoms with E-state index in [2.05, 4.69) is 10.6 Å². The van der Waals surface area contributed by atoms with Crippen molar-refractivity contribution >= 4 is 34.8 Å². The van der Waals surface area contributed by atoms with Crippen molar-refractivity contribution in [3.05, 3.63) is 53.1 Å². The number of methoxy groups -OCH3 is 1. The molecule has 4 N–H and O–H groups in total. The van der Waals surface area contributed by atoms with Gasteiger partial charge in [0.1, 0.15) is 5.75 Å². The van der Waals surface area contributed by atoms with Crippen molar-refractivity contribution in [3.63, 3.8) is 0 Å². The van der Waals surface area contributed by atoms with E-state index in [-0.39, 0.29) is 18.0 Å². The van der Waals surface area contributed by atoms with Gasteiger partial charge in [0.2, 0.25) is 5.91 Å². The number of hydrogen-bond acceptors (Lipinski definition) is 4. The van der Waals surface area contributed by atoms with Crippen LogP contribution in [0.5, 0.6) is 5.75 Å². The predicted molar refractivity (Wildman–Crippen MR) is 90.1 cm³/mol. The van der Waals surface area contributed by atoms with Crippen LogP contribution in [0.25, 0.3) is 0 Å². The highest BCUT2D eigenvalue weighted by Crippen LogP contribution is 2.23. The lowest BCUT2D eigenvalue weighted by Crippen LogP contribution is -2.23. The topological polar surface area (TPSA) is 93.4 Å². The zero-order valence-corrected chi connectivity index (χ0v) is 13.2. The Morgan fingerprint density at radius 3 is 2.61 bits per heavy atom. The summed E-state index contributed by atoms with van der Waals surface area (Å²) in [6.07, 6.45) is 0. The normalized spacial score (nSPS) is 10.0. The summed E-state index contributed by atoms with van der Waals surface area (Å²) in [7, 11) is 1.52. The van der Waals surface area contributed by atoms with E-state index in [4.69, 9.17) is 22.1 Å². The van der Waals surface area contributed by atoms with E-state index in [0.717, 1.165) is 0 Å². The number of nitrogens with one attached hydrogen (secondary N) is 2. The van der Waals surface area contributed by atoms with E-state index in [1.807, 2.05) is 0 Å². The smallest absolute Gasteiger partial charge is 0.250 e. The summed E-state index contributed by atoms with van der Waals surface area (Å²) in [5.41, 5.74) is 6.53. The molecule has 2 rings (SSSR count). The molecule has 0 fully saturated rings. The van der Waals surface area contributed by atoms with Gasteiger partial charge in [0.05, 0.1) is 24.9 Å². The Hall–Kier alpha value is -2.73. The minimum absolute atomic E-state index is 0.0417. The fourth-order valence-corrected chi connectivity index (χ4v) is 2.16. The number of hydrogen-bond donors (Lipinski definition) is 3. The number of anilines is 2. The average molecular weight is 334 g/mol. The number of carbonyl (C=O) groups is 2. The summed E-state index contributed by atoms with van der Waals surface area (Å²) < 4.78 is 5.16. The van der Waals surface area contributed by atoms with Crippen LogP contribution in [0.2, 0.25) is 5.02 Å². The third kappa shape index (κ3) is 4.37. The Balaban J connectivity index is 2.04. The van der Waals surface area contributed by atoms with Crippen LogP contribution in [0.1, 0.15) is 10.4 Å². The molecule has 2 aromatic carbocycles. The Kier molecular flexibility index (Phi) is 5.43. The second kappa shape index (κ2) is 7.51. The Morgan fingerprint density at radius 2 is 1.91 bits per heavy atom. The average Bonchev–Trinajstić information content (AvgIpc) is 2.54. The second-order valence-electron chi connectivity index (χ2n) is 4.66. The number of para-hydroxylation sites is 2. The minimum Gasteiger partial charge on any atom is -0.495 e. The number of amides is 2. The van der Waals surface area contributed by atoms with Crippen LogP contribution in [0.15, 0.2) is 42.5 Å². The van der Waals surface area contributed by atoms with Crippen molar-refractivity contribution in [2.24, 2.45) is 5.73 Å². The predicted octanol–water partition coefficient (Wildman–Crippen LogP) is 2.50. The Bertz CT molecular complexity index is 734. The van der Waals surface area contributed by atoms with Gasteiger partial charge in [-0.15, -0.1) is 0 Å². The lowest BCUT2D eigenvalue weighted by atomic mass is 10.1. The maximum atomic E-state index is 12.0. The van der Waals surface area contributed by atoms with E-state index in [1.54, 1.807) is 36.4 Å². The van der Waals surface area contributed by atoms with Gasteiger partial charge in [0, 0.05) is 10.7 Å². The molecule has 0 aliphatic rings. The molecule has 6 nitrogen and oxygen atoms in total. The highest BCUT2D eigenvalue weighted by Gasteiger charge is 2.11. The number of nitrogens with two attached hydrogens (primary N) is 1. The summed E-state index contributed by atoms with van der Waals surface area (Å²) in [6.45, 7) is -0.0417. The molecule has 23 heavy (non-hydrogen) atoms. The zero-order valence-electron chi connectivity index (χ0n) is 12.4. The summed E-state index contributed by atoms with van der Waals surface area (Å²) in [5, 5.41) is 5.98. The van der Waals surface area contributed by atoms with Crippen LogP contribution in [-0.2, 0) is 4.79 Å². The first-order valence-electron chi connectivity index (χ1n) is 6.77. The van der Waals surface area contributed by atoms with Crippen molar-refractivity contribution in [2.45, 2.75) is 0 Å². The first-order valence-corrected chi connectivity index (χ1v) is 7.15. The summed E-state index contributed by atoms with van der Waals surface area (Å²) in [5.74, 6) is -0.356. The number of primary amides is 1. The summed E-state index contributed by atoms with van der Waals surface area (Å²) >= 11 is 5.84. The molecule has 0 aliphatic carbocycles. The quantitative estimate of drug-likeness (QED) is 0.757. The molecule has 0 saturated carbocycles. The molecular weight excluding hydrogens is 318 g/mol. The molecule has 0 spiro atoms. The molecule has 0 atom stereocenters. The fourth-order valence-electron chi connectivity index (χ4n) is 1.99.